The van der Waals surface area contributed by atoms with Crippen molar-refractivity contribution in [3.63, 3.8) is 0 Å². The third kappa shape index (κ3) is 3.57. The number of halogens is 1. The zero-order valence-corrected chi connectivity index (χ0v) is 17.0. The van der Waals surface area contributed by atoms with Gasteiger partial charge in [-0.15, -0.1) is 0 Å². The Morgan fingerprint density at radius 3 is 2.20 bits per heavy atom. The SMILES string of the molecule is Cc1ccc(-c2nn(-c3ccccc3)c(-c3cccc(Cl)c3)c2C(C#N)C#N)cc1. The summed E-state index contributed by atoms with van der Waals surface area (Å²) in [6.45, 7) is 2.01. The summed E-state index contributed by atoms with van der Waals surface area (Å²) in [4.78, 5) is 0. The van der Waals surface area contributed by atoms with Gasteiger partial charge < -0.3 is 0 Å². The number of aromatic nitrogens is 2. The third-order valence-corrected chi connectivity index (χ3v) is 5.13. The number of para-hydroxylation sites is 1. The van der Waals surface area contributed by atoms with Crippen molar-refractivity contribution in [1.29, 1.82) is 10.5 Å². The summed E-state index contributed by atoms with van der Waals surface area (Å²) in [6, 6.07) is 29.2. The Bertz CT molecular complexity index is 1260. The van der Waals surface area contributed by atoms with Gasteiger partial charge in [-0.3, -0.25) is 0 Å². The molecule has 0 saturated heterocycles. The Kier molecular flexibility index (Phi) is 5.35. The molecule has 0 N–H and O–H groups in total. The summed E-state index contributed by atoms with van der Waals surface area (Å²) in [6.07, 6.45) is 0. The van der Waals surface area contributed by atoms with E-state index in [2.05, 4.69) is 12.1 Å². The predicted molar refractivity (Wildman–Crippen MR) is 118 cm³/mol. The van der Waals surface area contributed by atoms with E-state index in [1.165, 1.54) is 0 Å². The van der Waals surface area contributed by atoms with Gasteiger partial charge in [0, 0.05) is 21.7 Å². The first-order valence-electron chi connectivity index (χ1n) is 9.43. The van der Waals surface area contributed by atoms with Crippen LogP contribution in [0.2, 0.25) is 5.02 Å². The molecule has 0 atom stereocenters. The van der Waals surface area contributed by atoms with Crippen molar-refractivity contribution in [2.75, 3.05) is 0 Å². The van der Waals surface area contributed by atoms with Gasteiger partial charge in [-0.1, -0.05) is 71.8 Å². The number of hydrogen-bond acceptors (Lipinski definition) is 3. The molecule has 0 spiro atoms. The van der Waals surface area contributed by atoms with Crippen LogP contribution in [0.15, 0.2) is 78.9 Å². The summed E-state index contributed by atoms with van der Waals surface area (Å²) in [5.41, 5.74) is 5.48. The lowest BCUT2D eigenvalue weighted by molar-refractivity contribution is 0.891. The van der Waals surface area contributed by atoms with Gasteiger partial charge in [0.25, 0.3) is 0 Å². The second-order valence-electron chi connectivity index (χ2n) is 6.93. The van der Waals surface area contributed by atoms with Crippen LogP contribution in [0.1, 0.15) is 17.0 Å². The quantitative estimate of drug-likeness (QED) is 0.398. The van der Waals surface area contributed by atoms with E-state index in [1.807, 2.05) is 79.7 Å². The van der Waals surface area contributed by atoms with Crippen LogP contribution in [0.3, 0.4) is 0 Å². The van der Waals surface area contributed by atoms with Crippen LogP contribution in [0.5, 0.6) is 0 Å². The number of nitrogens with zero attached hydrogens (tertiary/aromatic N) is 4. The maximum absolute atomic E-state index is 9.77. The molecule has 4 nitrogen and oxygen atoms in total. The van der Waals surface area contributed by atoms with E-state index < -0.39 is 5.92 Å². The molecule has 3 aromatic carbocycles. The number of nitriles is 2. The standard InChI is InChI=1S/C25H17ClN4/c1-17-10-12-18(13-11-17)24-23(20(15-27)16-28)25(19-6-5-7-21(26)14-19)30(29-24)22-8-3-2-4-9-22/h2-14,20H,1H3. The monoisotopic (exact) mass is 408 g/mol. The van der Waals surface area contributed by atoms with Gasteiger partial charge >= 0.3 is 0 Å². The Morgan fingerprint density at radius 1 is 0.867 bits per heavy atom. The maximum atomic E-state index is 9.77. The van der Waals surface area contributed by atoms with E-state index in [4.69, 9.17) is 16.7 Å². The number of aryl methyl sites for hydroxylation is 1. The fourth-order valence-electron chi connectivity index (χ4n) is 3.46. The fraction of sp³-hybridized carbons (Fsp3) is 0.0800. The Balaban J connectivity index is 2.11. The Labute approximate surface area is 180 Å². The minimum atomic E-state index is -0.979. The summed E-state index contributed by atoms with van der Waals surface area (Å²) >= 11 is 6.27. The molecule has 0 aliphatic carbocycles. The summed E-state index contributed by atoms with van der Waals surface area (Å²) in [5, 5.41) is 25.0. The van der Waals surface area contributed by atoms with Crippen molar-refractivity contribution < 1.29 is 0 Å². The minimum absolute atomic E-state index is 0.571. The van der Waals surface area contributed by atoms with Gasteiger partial charge in [0.2, 0.25) is 0 Å². The molecular formula is C25H17ClN4. The highest BCUT2D eigenvalue weighted by atomic mass is 35.5. The van der Waals surface area contributed by atoms with Crippen LogP contribution in [0.4, 0.5) is 0 Å². The van der Waals surface area contributed by atoms with Crippen LogP contribution < -0.4 is 0 Å². The first-order chi connectivity index (χ1) is 14.6. The van der Waals surface area contributed by atoms with Crippen molar-refractivity contribution in [1.82, 2.24) is 9.78 Å². The van der Waals surface area contributed by atoms with Crippen molar-refractivity contribution in [3.8, 4) is 40.3 Å². The highest BCUT2D eigenvalue weighted by Crippen LogP contribution is 2.39. The second-order valence-corrected chi connectivity index (χ2v) is 7.36. The Hall–Kier alpha value is -3.86. The van der Waals surface area contributed by atoms with Crippen LogP contribution >= 0.6 is 11.6 Å². The average molecular weight is 409 g/mol. The number of benzene rings is 3. The third-order valence-electron chi connectivity index (χ3n) is 4.89. The summed E-state index contributed by atoms with van der Waals surface area (Å²) < 4.78 is 1.79. The van der Waals surface area contributed by atoms with Gasteiger partial charge in [0.05, 0.1) is 29.2 Å². The molecule has 0 unspecified atom stereocenters. The number of rotatable bonds is 4. The largest absolute Gasteiger partial charge is 0.232 e. The van der Waals surface area contributed by atoms with Crippen molar-refractivity contribution >= 4 is 11.6 Å². The maximum Gasteiger partial charge on any atom is 0.162 e. The van der Waals surface area contributed by atoms with Crippen LogP contribution in [0.25, 0.3) is 28.2 Å². The molecule has 5 heteroatoms. The average Bonchev–Trinajstić information content (AvgIpc) is 3.16. The first-order valence-corrected chi connectivity index (χ1v) is 9.80. The van der Waals surface area contributed by atoms with Crippen molar-refractivity contribution in [3.05, 3.63) is 95.0 Å². The molecule has 0 fully saturated rings. The molecule has 1 aromatic heterocycles. The molecule has 0 radical (unpaired) electrons. The second kappa shape index (κ2) is 8.25. The van der Waals surface area contributed by atoms with E-state index in [-0.39, 0.29) is 0 Å². The van der Waals surface area contributed by atoms with Crippen LogP contribution in [0, 0.1) is 29.6 Å². The van der Waals surface area contributed by atoms with Gasteiger partial charge in [0.1, 0.15) is 0 Å². The van der Waals surface area contributed by atoms with E-state index in [9.17, 15) is 10.5 Å². The molecular weight excluding hydrogens is 392 g/mol. The van der Waals surface area contributed by atoms with Gasteiger partial charge in [-0.25, -0.2) is 4.68 Å². The van der Waals surface area contributed by atoms with E-state index in [0.29, 0.717) is 22.0 Å². The Morgan fingerprint density at radius 2 is 1.57 bits per heavy atom. The molecule has 0 amide bonds. The molecule has 1 heterocycles. The number of hydrogen-bond donors (Lipinski definition) is 0. The minimum Gasteiger partial charge on any atom is -0.232 e. The highest BCUT2D eigenvalue weighted by molar-refractivity contribution is 6.30. The van der Waals surface area contributed by atoms with E-state index >= 15 is 0 Å². The molecule has 0 bridgehead atoms. The molecule has 144 valence electrons. The molecule has 30 heavy (non-hydrogen) atoms. The van der Waals surface area contributed by atoms with Crippen LogP contribution in [-0.2, 0) is 0 Å². The zero-order valence-electron chi connectivity index (χ0n) is 16.2. The highest BCUT2D eigenvalue weighted by Gasteiger charge is 2.28. The molecule has 4 rings (SSSR count). The summed E-state index contributed by atoms with van der Waals surface area (Å²) in [7, 11) is 0. The molecule has 0 aliphatic heterocycles. The first kappa shape index (κ1) is 19.5. The fourth-order valence-corrected chi connectivity index (χ4v) is 3.65. The summed E-state index contributed by atoms with van der Waals surface area (Å²) in [5.74, 6) is -0.979. The van der Waals surface area contributed by atoms with Gasteiger partial charge in [-0.05, 0) is 31.2 Å². The zero-order chi connectivity index (χ0) is 21.1. The van der Waals surface area contributed by atoms with Gasteiger partial charge in [0.15, 0.2) is 5.92 Å². The van der Waals surface area contributed by atoms with E-state index in [1.54, 1.807) is 10.7 Å². The predicted octanol–water partition coefficient (Wildman–Crippen LogP) is 6.30. The van der Waals surface area contributed by atoms with Crippen molar-refractivity contribution in [2.45, 2.75) is 12.8 Å². The molecule has 0 saturated carbocycles. The van der Waals surface area contributed by atoms with Gasteiger partial charge in [-0.2, -0.15) is 15.6 Å². The van der Waals surface area contributed by atoms with E-state index in [0.717, 1.165) is 22.4 Å². The lowest BCUT2D eigenvalue weighted by Gasteiger charge is -2.11. The molecule has 0 aliphatic rings. The smallest absolute Gasteiger partial charge is 0.162 e. The lowest BCUT2D eigenvalue weighted by atomic mass is 9.92. The normalized spacial score (nSPS) is 10.6. The van der Waals surface area contributed by atoms with Crippen molar-refractivity contribution in [2.24, 2.45) is 0 Å². The molecule has 4 aromatic rings. The van der Waals surface area contributed by atoms with Crippen LogP contribution in [-0.4, -0.2) is 9.78 Å². The topological polar surface area (TPSA) is 65.4 Å². The lowest BCUT2D eigenvalue weighted by Crippen LogP contribution is -2.01.